The molecule has 0 saturated heterocycles. The van der Waals surface area contributed by atoms with Gasteiger partial charge in [-0.1, -0.05) is 23.2 Å². The molecule has 0 bridgehead atoms. The van der Waals surface area contributed by atoms with Crippen molar-refractivity contribution in [3.63, 3.8) is 0 Å². The lowest BCUT2D eigenvalue weighted by Crippen LogP contribution is -2.45. The summed E-state index contributed by atoms with van der Waals surface area (Å²) in [6, 6.07) is 3.64. The normalized spacial score (nSPS) is 13.2. The molecule has 110 valence electrons. The van der Waals surface area contributed by atoms with Crippen LogP contribution in [-0.4, -0.2) is 31.1 Å². The summed E-state index contributed by atoms with van der Waals surface area (Å²) in [5.74, 6) is -0.838. The van der Waals surface area contributed by atoms with Crippen molar-refractivity contribution in [2.75, 3.05) is 12.4 Å². The van der Waals surface area contributed by atoms with E-state index in [0.717, 1.165) is 0 Å². The van der Waals surface area contributed by atoms with E-state index in [1.807, 2.05) is 0 Å². The number of benzene rings is 1. The fourth-order valence-corrected chi connectivity index (χ4v) is 2.05. The third-order valence-electron chi connectivity index (χ3n) is 2.55. The van der Waals surface area contributed by atoms with Crippen LogP contribution in [-0.2, 0) is 14.3 Å². The molecule has 5 nitrogen and oxygen atoms in total. The molecule has 0 aliphatic carbocycles. The summed E-state index contributed by atoms with van der Waals surface area (Å²) in [5.41, 5.74) is 0.621. The highest BCUT2D eigenvalue weighted by atomic mass is 35.5. The third kappa shape index (κ3) is 4.90. The highest BCUT2D eigenvalue weighted by molar-refractivity contribution is 6.35. The third-order valence-corrected chi connectivity index (χ3v) is 2.99. The molecule has 0 spiro atoms. The summed E-state index contributed by atoms with van der Waals surface area (Å²) in [7, 11) is 1.26. The summed E-state index contributed by atoms with van der Waals surface area (Å²) >= 11 is 11.7. The van der Waals surface area contributed by atoms with Gasteiger partial charge in [-0.3, -0.25) is 4.79 Å². The SMILES string of the molecule is COC(=O)[C@H](C)NC(=O)C(C)Nc1cc(Cl)cc(Cl)c1. The van der Waals surface area contributed by atoms with Crippen LogP contribution in [0.4, 0.5) is 5.69 Å². The predicted octanol–water partition coefficient (Wildman–Crippen LogP) is 2.47. The van der Waals surface area contributed by atoms with Gasteiger partial charge in [0.2, 0.25) is 5.91 Å². The second-order valence-electron chi connectivity index (χ2n) is 4.28. The molecule has 2 atom stereocenters. The van der Waals surface area contributed by atoms with Crippen molar-refractivity contribution < 1.29 is 14.3 Å². The minimum absolute atomic E-state index is 0.334. The first-order valence-corrected chi connectivity index (χ1v) is 6.70. The molecular formula is C13H16Cl2N2O3. The number of halogens is 2. The topological polar surface area (TPSA) is 67.4 Å². The van der Waals surface area contributed by atoms with E-state index in [9.17, 15) is 9.59 Å². The van der Waals surface area contributed by atoms with Crippen molar-refractivity contribution in [1.82, 2.24) is 5.32 Å². The Balaban J connectivity index is 2.63. The Hall–Kier alpha value is -1.46. The molecule has 1 aromatic carbocycles. The standard InChI is InChI=1S/C13H16Cl2N2O3/c1-7(12(18)17-8(2)13(19)20-3)16-11-5-9(14)4-10(15)6-11/h4-8,16H,1-3H3,(H,17,18)/t7?,8-/m0/s1. The van der Waals surface area contributed by atoms with E-state index in [1.54, 1.807) is 32.0 Å². The number of carbonyl (C=O) groups excluding carboxylic acids is 2. The number of hydrogen-bond donors (Lipinski definition) is 2. The van der Waals surface area contributed by atoms with Crippen LogP contribution in [0.25, 0.3) is 0 Å². The van der Waals surface area contributed by atoms with Crippen LogP contribution in [0.5, 0.6) is 0 Å². The minimum atomic E-state index is -0.709. The molecule has 1 aromatic rings. The van der Waals surface area contributed by atoms with Crippen LogP contribution >= 0.6 is 23.2 Å². The first-order valence-electron chi connectivity index (χ1n) is 5.94. The van der Waals surface area contributed by atoms with Gasteiger partial charge in [0.05, 0.1) is 7.11 Å². The van der Waals surface area contributed by atoms with Crippen LogP contribution in [0, 0.1) is 0 Å². The van der Waals surface area contributed by atoms with E-state index < -0.39 is 18.1 Å². The Morgan fingerprint density at radius 2 is 1.65 bits per heavy atom. The number of rotatable bonds is 5. The van der Waals surface area contributed by atoms with Gasteiger partial charge < -0.3 is 15.4 Å². The van der Waals surface area contributed by atoms with E-state index in [4.69, 9.17) is 23.2 Å². The summed E-state index contributed by atoms with van der Waals surface area (Å²) in [4.78, 5) is 23.1. The molecule has 7 heteroatoms. The van der Waals surface area contributed by atoms with Crippen molar-refractivity contribution in [3.8, 4) is 0 Å². The fraction of sp³-hybridized carbons (Fsp3) is 0.385. The molecule has 20 heavy (non-hydrogen) atoms. The zero-order valence-electron chi connectivity index (χ0n) is 11.4. The number of hydrogen-bond acceptors (Lipinski definition) is 4. The van der Waals surface area contributed by atoms with Gasteiger partial charge in [0.15, 0.2) is 0 Å². The minimum Gasteiger partial charge on any atom is -0.467 e. The Bertz CT molecular complexity index is 488. The van der Waals surface area contributed by atoms with Crippen LogP contribution in [0.2, 0.25) is 10.0 Å². The molecule has 2 N–H and O–H groups in total. The lowest BCUT2D eigenvalue weighted by Gasteiger charge is -2.18. The van der Waals surface area contributed by atoms with Gasteiger partial charge in [0, 0.05) is 15.7 Å². The summed E-state index contributed by atoms with van der Waals surface area (Å²) in [5, 5.41) is 6.43. The van der Waals surface area contributed by atoms with Crippen LogP contribution < -0.4 is 10.6 Å². The Morgan fingerprint density at radius 1 is 1.10 bits per heavy atom. The van der Waals surface area contributed by atoms with Gasteiger partial charge in [-0.15, -0.1) is 0 Å². The largest absolute Gasteiger partial charge is 0.467 e. The number of methoxy groups -OCH3 is 1. The maximum Gasteiger partial charge on any atom is 0.328 e. The Kier molecular flexibility index (Phi) is 6.10. The monoisotopic (exact) mass is 318 g/mol. The van der Waals surface area contributed by atoms with Gasteiger partial charge in [-0.25, -0.2) is 4.79 Å². The molecule has 0 aromatic heterocycles. The molecule has 0 heterocycles. The van der Waals surface area contributed by atoms with E-state index in [2.05, 4.69) is 15.4 Å². The number of amides is 1. The zero-order valence-corrected chi connectivity index (χ0v) is 12.9. The number of nitrogens with one attached hydrogen (secondary N) is 2. The van der Waals surface area contributed by atoms with Crippen molar-refractivity contribution in [3.05, 3.63) is 28.2 Å². The number of esters is 1. The molecule has 0 saturated carbocycles. The molecule has 0 aliphatic rings. The van der Waals surface area contributed by atoms with Crippen molar-refractivity contribution in [2.24, 2.45) is 0 Å². The smallest absolute Gasteiger partial charge is 0.328 e. The van der Waals surface area contributed by atoms with Crippen LogP contribution in [0.3, 0.4) is 0 Å². The van der Waals surface area contributed by atoms with Gasteiger partial charge in [-0.2, -0.15) is 0 Å². The summed E-state index contributed by atoms with van der Waals surface area (Å²) < 4.78 is 4.53. The highest BCUT2D eigenvalue weighted by Crippen LogP contribution is 2.22. The molecule has 0 aliphatic heterocycles. The van der Waals surface area contributed by atoms with E-state index in [0.29, 0.717) is 15.7 Å². The number of carbonyl (C=O) groups is 2. The van der Waals surface area contributed by atoms with E-state index in [-0.39, 0.29) is 5.91 Å². The van der Waals surface area contributed by atoms with Crippen LogP contribution in [0.15, 0.2) is 18.2 Å². The molecular weight excluding hydrogens is 303 g/mol. The first-order chi connectivity index (χ1) is 9.33. The second-order valence-corrected chi connectivity index (χ2v) is 5.15. The lowest BCUT2D eigenvalue weighted by molar-refractivity contribution is -0.144. The zero-order chi connectivity index (χ0) is 15.3. The molecule has 1 amide bonds. The molecule has 0 radical (unpaired) electrons. The fourth-order valence-electron chi connectivity index (χ4n) is 1.53. The van der Waals surface area contributed by atoms with Gasteiger partial charge in [0.25, 0.3) is 0 Å². The average molecular weight is 319 g/mol. The first kappa shape index (κ1) is 16.6. The van der Waals surface area contributed by atoms with Crippen LogP contribution in [0.1, 0.15) is 13.8 Å². The summed E-state index contributed by atoms with van der Waals surface area (Å²) in [6.07, 6.45) is 0. The van der Waals surface area contributed by atoms with Crippen molar-refractivity contribution >= 4 is 40.8 Å². The van der Waals surface area contributed by atoms with Gasteiger partial charge >= 0.3 is 5.97 Å². The van der Waals surface area contributed by atoms with E-state index in [1.165, 1.54) is 7.11 Å². The Morgan fingerprint density at radius 3 is 2.15 bits per heavy atom. The lowest BCUT2D eigenvalue weighted by atomic mass is 10.2. The number of ether oxygens (including phenoxy) is 1. The maximum absolute atomic E-state index is 11.9. The van der Waals surface area contributed by atoms with Crippen molar-refractivity contribution in [2.45, 2.75) is 25.9 Å². The quantitative estimate of drug-likeness (QED) is 0.818. The Labute approximate surface area is 127 Å². The van der Waals surface area contributed by atoms with E-state index >= 15 is 0 Å². The second kappa shape index (κ2) is 7.36. The molecule has 0 fully saturated rings. The number of anilines is 1. The summed E-state index contributed by atoms with van der Waals surface area (Å²) in [6.45, 7) is 3.21. The maximum atomic E-state index is 11.9. The molecule has 1 rings (SSSR count). The van der Waals surface area contributed by atoms with Crippen molar-refractivity contribution in [1.29, 1.82) is 0 Å². The average Bonchev–Trinajstić information content (AvgIpc) is 2.36. The predicted molar refractivity (Wildman–Crippen MR) is 79.2 cm³/mol. The molecule has 1 unspecified atom stereocenters. The highest BCUT2D eigenvalue weighted by Gasteiger charge is 2.20. The van der Waals surface area contributed by atoms with Gasteiger partial charge in [0.1, 0.15) is 12.1 Å². The van der Waals surface area contributed by atoms with Gasteiger partial charge in [-0.05, 0) is 32.0 Å².